The maximum absolute atomic E-state index is 6.03. The van der Waals surface area contributed by atoms with E-state index in [0.717, 1.165) is 31.2 Å². The van der Waals surface area contributed by atoms with Crippen LogP contribution < -0.4 is 15.2 Å². The molecule has 0 saturated heterocycles. The molecule has 2 atom stereocenters. The smallest absolute Gasteiger partial charge is 0.230 e. The molecule has 1 fully saturated rings. The van der Waals surface area contributed by atoms with E-state index in [9.17, 15) is 0 Å². The SMILES string of the molecule is COc1ccc(-c2noc(C3CCCC(N)C3)n2)cc1OC. The molecule has 1 heterocycles. The Hall–Kier alpha value is -2.08. The number of methoxy groups -OCH3 is 2. The molecule has 1 aliphatic carbocycles. The van der Waals surface area contributed by atoms with Gasteiger partial charge in [-0.3, -0.25) is 0 Å². The standard InChI is InChI=1S/C16H21N3O3/c1-20-13-7-6-10(9-14(13)21-2)15-18-16(22-19-15)11-4-3-5-12(17)8-11/h6-7,9,11-12H,3-5,8,17H2,1-2H3. The number of rotatable bonds is 4. The summed E-state index contributed by atoms with van der Waals surface area (Å²) in [5.41, 5.74) is 6.87. The van der Waals surface area contributed by atoms with Gasteiger partial charge in [-0.2, -0.15) is 4.98 Å². The molecule has 0 bridgehead atoms. The Morgan fingerprint density at radius 3 is 2.73 bits per heavy atom. The first-order chi connectivity index (χ1) is 10.7. The van der Waals surface area contributed by atoms with E-state index < -0.39 is 0 Å². The number of hydrogen-bond acceptors (Lipinski definition) is 6. The molecule has 118 valence electrons. The zero-order chi connectivity index (χ0) is 15.5. The predicted molar refractivity (Wildman–Crippen MR) is 82.0 cm³/mol. The highest BCUT2D eigenvalue weighted by Crippen LogP contribution is 2.34. The quantitative estimate of drug-likeness (QED) is 0.935. The van der Waals surface area contributed by atoms with Gasteiger partial charge >= 0.3 is 0 Å². The van der Waals surface area contributed by atoms with Crippen LogP contribution in [0.25, 0.3) is 11.4 Å². The van der Waals surface area contributed by atoms with Crippen LogP contribution in [0.1, 0.15) is 37.5 Å². The molecule has 3 rings (SSSR count). The molecule has 22 heavy (non-hydrogen) atoms. The van der Waals surface area contributed by atoms with E-state index in [2.05, 4.69) is 10.1 Å². The van der Waals surface area contributed by atoms with Gasteiger partial charge in [0.15, 0.2) is 11.5 Å². The molecule has 6 nitrogen and oxygen atoms in total. The van der Waals surface area contributed by atoms with Crippen LogP contribution in [0.15, 0.2) is 22.7 Å². The fraction of sp³-hybridized carbons (Fsp3) is 0.500. The van der Waals surface area contributed by atoms with Crippen molar-refractivity contribution < 1.29 is 14.0 Å². The van der Waals surface area contributed by atoms with Gasteiger partial charge in [0.05, 0.1) is 14.2 Å². The fourth-order valence-electron chi connectivity index (χ4n) is 2.95. The Balaban J connectivity index is 1.84. The number of nitrogens with zero attached hydrogens (tertiary/aromatic N) is 2. The Kier molecular flexibility index (Phi) is 4.29. The molecule has 1 saturated carbocycles. The Morgan fingerprint density at radius 1 is 1.18 bits per heavy atom. The van der Waals surface area contributed by atoms with Crippen molar-refractivity contribution in [2.24, 2.45) is 5.73 Å². The minimum absolute atomic E-state index is 0.232. The largest absolute Gasteiger partial charge is 0.493 e. The molecular formula is C16H21N3O3. The van der Waals surface area contributed by atoms with E-state index in [1.807, 2.05) is 18.2 Å². The molecule has 0 radical (unpaired) electrons. The topological polar surface area (TPSA) is 83.4 Å². The highest BCUT2D eigenvalue weighted by molar-refractivity contribution is 5.60. The summed E-state index contributed by atoms with van der Waals surface area (Å²) in [6, 6.07) is 5.80. The van der Waals surface area contributed by atoms with Crippen molar-refractivity contribution in [3.63, 3.8) is 0 Å². The van der Waals surface area contributed by atoms with Crippen LogP contribution in [0.4, 0.5) is 0 Å². The van der Waals surface area contributed by atoms with Gasteiger partial charge in [-0.15, -0.1) is 0 Å². The van der Waals surface area contributed by atoms with Crippen molar-refractivity contribution in [2.75, 3.05) is 14.2 Å². The lowest BCUT2D eigenvalue weighted by Gasteiger charge is -2.23. The van der Waals surface area contributed by atoms with Gasteiger partial charge < -0.3 is 19.7 Å². The number of hydrogen-bond donors (Lipinski definition) is 1. The second kappa shape index (κ2) is 6.36. The first-order valence-corrected chi connectivity index (χ1v) is 7.53. The minimum Gasteiger partial charge on any atom is -0.493 e. The van der Waals surface area contributed by atoms with E-state index in [0.29, 0.717) is 23.2 Å². The average Bonchev–Trinajstić information content (AvgIpc) is 3.04. The highest BCUT2D eigenvalue weighted by Gasteiger charge is 2.25. The van der Waals surface area contributed by atoms with Gasteiger partial charge in [0.1, 0.15) is 0 Å². The number of ether oxygens (including phenoxy) is 2. The Bertz CT molecular complexity index is 641. The van der Waals surface area contributed by atoms with Crippen LogP contribution in [0.5, 0.6) is 11.5 Å². The molecular weight excluding hydrogens is 282 g/mol. The van der Waals surface area contributed by atoms with E-state index in [4.69, 9.17) is 19.7 Å². The van der Waals surface area contributed by atoms with Gasteiger partial charge in [-0.25, -0.2) is 0 Å². The van der Waals surface area contributed by atoms with Crippen molar-refractivity contribution in [3.05, 3.63) is 24.1 Å². The van der Waals surface area contributed by atoms with Crippen LogP contribution in [-0.4, -0.2) is 30.4 Å². The summed E-state index contributed by atoms with van der Waals surface area (Å²) in [5.74, 6) is 2.83. The first kappa shape index (κ1) is 14.8. The zero-order valence-electron chi connectivity index (χ0n) is 12.9. The molecule has 1 aromatic carbocycles. The number of aromatic nitrogens is 2. The third kappa shape index (κ3) is 2.92. The van der Waals surface area contributed by atoms with Crippen LogP contribution in [0.2, 0.25) is 0 Å². The van der Waals surface area contributed by atoms with Crippen molar-refractivity contribution in [1.29, 1.82) is 0 Å². The lowest BCUT2D eigenvalue weighted by Crippen LogP contribution is -2.26. The second-order valence-electron chi connectivity index (χ2n) is 5.65. The molecule has 0 spiro atoms. The molecule has 0 amide bonds. The number of benzene rings is 1. The molecule has 2 aromatic rings. The summed E-state index contributed by atoms with van der Waals surface area (Å²) >= 11 is 0. The summed E-state index contributed by atoms with van der Waals surface area (Å²) in [6.07, 6.45) is 4.15. The highest BCUT2D eigenvalue weighted by atomic mass is 16.5. The fourth-order valence-corrected chi connectivity index (χ4v) is 2.95. The van der Waals surface area contributed by atoms with Gasteiger partial charge in [0.25, 0.3) is 0 Å². The van der Waals surface area contributed by atoms with Crippen molar-refractivity contribution >= 4 is 0 Å². The zero-order valence-corrected chi connectivity index (χ0v) is 12.9. The molecule has 6 heteroatoms. The van der Waals surface area contributed by atoms with Crippen LogP contribution >= 0.6 is 0 Å². The third-order valence-corrected chi connectivity index (χ3v) is 4.15. The third-order valence-electron chi connectivity index (χ3n) is 4.15. The average molecular weight is 303 g/mol. The van der Waals surface area contributed by atoms with Crippen LogP contribution in [0.3, 0.4) is 0 Å². The van der Waals surface area contributed by atoms with E-state index in [1.54, 1.807) is 14.2 Å². The maximum atomic E-state index is 6.03. The molecule has 2 unspecified atom stereocenters. The van der Waals surface area contributed by atoms with Gasteiger partial charge in [0, 0.05) is 17.5 Å². The summed E-state index contributed by atoms with van der Waals surface area (Å²) in [6.45, 7) is 0. The van der Waals surface area contributed by atoms with E-state index in [-0.39, 0.29) is 12.0 Å². The molecule has 1 aromatic heterocycles. The Labute approximate surface area is 129 Å². The van der Waals surface area contributed by atoms with Gasteiger partial charge in [-0.1, -0.05) is 11.6 Å². The summed E-state index contributed by atoms with van der Waals surface area (Å²) in [4.78, 5) is 4.54. The maximum Gasteiger partial charge on any atom is 0.230 e. The predicted octanol–water partition coefficient (Wildman–Crippen LogP) is 2.74. The first-order valence-electron chi connectivity index (χ1n) is 7.53. The van der Waals surface area contributed by atoms with Crippen LogP contribution in [-0.2, 0) is 0 Å². The van der Waals surface area contributed by atoms with Crippen molar-refractivity contribution in [1.82, 2.24) is 10.1 Å². The normalized spacial score (nSPS) is 21.6. The number of nitrogens with two attached hydrogens (primary N) is 1. The van der Waals surface area contributed by atoms with Gasteiger partial charge in [-0.05, 0) is 37.5 Å². The van der Waals surface area contributed by atoms with E-state index in [1.165, 1.54) is 0 Å². The Morgan fingerprint density at radius 2 is 2.00 bits per heavy atom. The molecule has 2 N–H and O–H groups in total. The lowest BCUT2D eigenvalue weighted by atomic mass is 9.86. The second-order valence-corrected chi connectivity index (χ2v) is 5.65. The monoisotopic (exact) mass is 303 g/mol. The van der Waals surface area contributed by atoms with Gasteiger partial charge in [0.2, 0.25) is 11.7 Å². The molecule has 1 aliphatic rings. The van der Waals surface area contributed by atoms with Crippen LogP contribution in [0, 0.1) is 0 Å². The molecule has 0 aliphatic heterocycles. The minimum atomic E-state index is 0.232. The van der Waals surface area contributed by atoms with Crippen molar-refractivity contribution in [3.8, 4) is 22.9 Å². The van der Waals surface area contributed by atoms with Crippen molar-refractivity contribution in [2.45, 2.75) is 37.6 Å². The summed E-state index contributed by atoms with van der Waals surface area (Å²) < 4.78 is 16.0. The lowest BCUT2D eigenvalue weighted by molar-refractivity contribution is 0.299. The summed E-state index contributed by atoms with van der Waals surface area (Å²) in [7, 11) is 3.21. The summed E-state index contributed by atoms with van der Waals surface area (Å²) in [5, 5.41) is 4.09. The van der Waals surface area contributed by atoms with E-state index >= 15 is 0 Å².